The SMILES string of the molecule is C=C(C)COc1cccc(NC(=O)CNc2cccc(NC(=O)CCC)c2)c1. The van der Waals surface area contributed by atoms with Gasteiger partial charge in [-0.05, 0) is 49.2 Å². The lowest BCUT2D eigenvalue weighted by Crippen LogP contribution is -2.21. The molecule has 3 N–H and O–H groups in total. The molecule has 0 saturated carbocycles. The average molecular weight is 381 g/mol. The van der Waals surface area contributed by atoms with Crippen LogP contribution in [0.5, 0.6) is 5.75 Å². The lowest BCUT2D eigenvalue weighted by molar-refractivity contribution is -0.116. The Bertz CT molecular complexity index is 833. The van der Waals surface area contributed by atoms with Gasteiger partial charge in [-0.2, -0.15) is 0 Å². The van der Waals surface area contributed by atoms with E-state index in [4.69, 9.17) is 4.74 Å². The van der Waals surface area contributed by atoms with Gasteiger partial charge in [0, 0.05) is 29.5 Å². The van der Waals surface area contributed by atoms with E-state index in [1.165, 1.54) is 0 Å². The number of ether oxygens (including phenoxy) is 1. The molecular formula is C22H27N3O3. The molecule has 2 aromatic carbocycles. The van der Waals surface area contributed by atoms with Gasteiger partial charge in [0.15, 0.2) is 0 Å². The number of hydrogen-bond acceptors (Lipinski definition) is 4. The van der Waals surface area contributed by atoms with Gasteiger partial charge >= 0.3 is 0 Å². The molecule has 0 atom stereocenters. The van der Waals surface area contributed by atoms with E-state index in [0.717, 1.165) is 17.7 Å². The van der Waals surface area contributed by atoms with E-state index in [2.05, 4.69) is 22.5 Å². The molecule has 0 unspecified atom stereocenters. The third-order valence-electron chi connectivity index (χ3n) is 3.68. The summed E-state index contributed by atoms with van der Waals surface area (Å²) < 4.78 is 5.58. The summed E-state index contributed by atoms with van der Waals surface area (Å²) in [6.45, 7) is 8.18. The fourth-order valence-corrected chi connectivity index (χ4v) is 2.42. The molecule has 28 heavy (non-hydrogen) atoms. The van der Waals surface area contributed by atoms with Crippen molar-refractivity contribution in [1.82, 2.24) is 0 Å². The van der Waals surface area contributed by atoms with Crippen molar-refractivity contribution >= 4 is 28.9 Å². The number of hydrogen-bond donors (Lipinski definition) is 3. The second-order valence-corrected chi connectivity index (χ2v) is 6.55. The van der Waals surface area contributed by atoms with Crippen molar-refractivity contribution in [2.45, 2.75) is 26.7 Å². The molecule has 0 heterocycles. The van der Waals surface area contributed by atoms with Crippen LogP contribution in [0.1, 0.15) is 26.7 Å². The van der Waals surface area contributed by atoms with Gasteiger partial charge in [-0.25, -0.2) is 0 Å². The Kier molecular flexibility index (Phi) is 8.09. The van der Waals surface area contributed by atoms with Crippen molar-refractivity contribution in [2.75, 3.05) is 29.1 Å². The molecule has 6 nitrogen and oxygen atoms in total. The first-order valence-corrected chi connectivity index (χ1v) is 9.27. The smallest absolute Gasteiger partial charge is 0.243 e. The number of amides is 2. The van der Waals surface area contributed by atoms with Crippen molar-refractivity contribution in [1.29, 1.82) is 0 Å². The van der Waals surface area contributed by atoms with Gasteiger partial charge in [0.05, 0.1) is 6.54 Å². The van der Waals surface area contributed by atoms with Gasteiger partial charge in [-0.15, -0.1) is 0 Å². The molecule has 0 bridgehead atoms. The van der Waals surface area contributed by atoms with E-state index in [0.29, 0.717) is 30.2 Å². The van der Waals surface area contributed by atoms with Crippen molar-refractivity contribution < 1.29 is 14.3 Å². The maximum atomic E-state index is 12.2. The largest absolute Gasteiger partial charge is 0.489 e. The van der Waals surface area contributed by atoms with Crippen LogP contribution in [-0.2, 0) is 9.59 Å². The van der Waals surface area contributed by atoms with Crippen molar-refractivity contribution in [3.8, 4) is 5.75 Å². The summed E-state index contributed by atoms with van der Waals surface area (Å²) in [5.41, 5.74) is 3.03. The van der Waals surface area contributed by atoms with E-state index in [1.54, 1.807) is 18.2 Å². The Hall–Kier alpha value is -3.28. The summed E-state index contributed by atoms with van der Waals surface area (Å²) in [6.07, 6.45) is 1.28. The predicted octanol–water partition coefficient (Wildman–Crippen LogP) is 4.43. The topological polar surface area (TPSA) is 79.5 Å². The van der Waals surface area contributed by atoms with E-state index < -0.39 is 0 Å². The summed E-state index contributed by atoms with van der Waals surface area (Å²) in [5, 5.41) is 8.73. The minimum Gasteiger partial charge on any atom is -0.489 e. The molecule has 2 aromatic rings. The molecule has 0 aliphatic heterocycles. The number of carbonyl (C=O) groups is 2. The Morgan fingerprint density at radius 2 is 1.61 bits per heavy atom. The van der Waals surface area contributed by atoms with Gasteiger partial charge in [0.1, 0.15) is 12.4 Å². The number of nitrogens with one attached hydrogen (secondary N) is 3. The highest BCUT2D eigenvalue weighted by molar-refractivity contribution is 5.94. The van der Waals surface area contributed by atoms with Crippen LogP contribution in [0.15, 0.2) is 60.7 Å². The number of anilines is 3. The monoisotopic (exact) mass is 381 g/mol. The first-order chi connectivity index (χ1) is 13.5. The van der Waals surface area contributed by atoms with Gasteiger partial charge in [0.25, 0.3) is 0 Å². The van der Waals surface area contributed by atoms with E-state index in [1.807, 2.05) is 44.2 Å². The molecule has 0 fully saturated rings. The summed E-state index contributed by atoms with van der Waals surface area (Å²) in [4.78, 5) is 23.9. The quantitative estimate of drug-likeness (QED) is 0.532. The third-order valence-corrected chi connectivity index (χ3v) is 3.68. The first kappa shape index (κ1) is 21.0. The van der Waals surface area contributed by atoms with Crippen LogP contribution in [-0.4, -0.2) is 25.0 Å². The standard InChI is InChI=1S/C22H27N3O3/c1-4-7-21(26)24-18-9-5-8-17(12-18)23-14-22(27)25-19-10-6-11-20(13-19)28-15-16(2)3/h5-6,8-13,23H,2,4,7,14-15H2,1,3H3,(H,24,26)(H,25,27). The first-order valence-electron chi connectivity index (χ1n) is 9.27. The normalized spacial score (nSPS) is 10.1. The minimum atomic E-state index is -0.183. The molecule has 2 amide bonds. The van der Waals surface area contributed by atoms with E-state index in [9.17, 15) is 9.59 Å². The average Bonchev–Trinajstić information content (AvgIpc) is 2.65. The highest BCUT2D eigenvalue weighted by Crippen LogP contribution is 2.18. The van der Waals surface area contributed by atoms with Crippen molar-refractivity contribution in [3.05, 3.63) is 60.7 Å². The van der Waals surface area contributed by atoms with Crippen LogP contribution in [0.4, 0.5) is 17.1 Å². The third kappa shape index (κ3) is 7.53. The lowest BCUT2D eigenvalue weighted by Gasteiger charge is -2.11. The van der Waals surface area contributed by atoms with Crippen LogP contribution >= 0.6 is 0 Å². The molecule has 0 saturated heterocycles. The second kappa shape index (κ2) is 10.8. The zero-order chi connectivity index (χ0) is 20.4. The predicted molar refractivity (Wildman–Crippen MR) is 114 cm³/mol. The van der Waals surface area contributed by atoms with Crippen LogP contribution < -0.4 is 20.7 Å². The van der Waals surface area contributed by atoms with Crippen molar-refractivity contribution in [3.63, 3.8) is 0 Å². The van der Waals surface area contributed by atoms with Crippen LogP contribution in [0.25, 0.3) is 0 Å². The van der Waals surface area contributed by atoms with Gasteiger partial charge in [-0.1, -0.05) is 25.6 Å². The highest BCUT2D eigenvalue weighted by Gasteiger charge is 2.05. The summed E-state index contributed by atoms with van der Waals surface area (Å²) in [6, 6.07) is 14.5. The zero-order valence-corrected chi connectivity index (χ0v) is 16.4. The Balaban J connectivity index is 1.86. The number of rotatable bonds is 10. The summed E-state index contributed by atoms with van der Waals surface area (Å²) >= 11 is 0. The van der Waals surface area contributed by atoms with Crippen LogP contribution in [0.3, 0.4) is 0 Å². The second-order valence-electron chi connectivity index (χ2n) is 6.55. The molecule has 0 spiro atoms. The lowest BCUT2D eigenvalue weighted by atomic mass is 10.2. The maximum absolute atomic E-state index is 12.2. The fourth-order valence-electron chi connectivity index (χ4n) is 2.42. The number of carbonyl (C=O) groups excluding carboxylic acids is 2. The van der Waals surface area contributed by atoms with Gasteiger partial charge in [-0.3, -0.25) is 9.59 Å². The van der Waals surface area contributed by atoms with Gasteiger partial charge in [0.2, 0.25) is 11.8 Å². The molecule has 0 aliphatic carbocycles. The summed E-state index contributed by atoms with van der Waals surface area (Å²) in [7, 11) is 0. The van der Waals surface area contributed by atoms with E-state index >= 15 is 0 Å². The molecular weight excluding hydrogens is 354 g/mol. The molecule has 0 radical (unpaired) electrons. The molecule has 0 aliphatic rings. The van der Waals surface area contributed by atoms with Gasteiger partial charge < -0.3 is 20.7 Å². The highest BCUT2D eigenvalue weighted by atomic mass is 16.5. The number of benzene rings is 2. The molecule has 2 rings (SSSR count). The maximum Gasteiger partial charge on any atom is 0.243 e. The molecule has 0 aromatic heterocycles. The zero-order valence-electron chi connectivity index (χ0n) is 16.4. The Morgan fingerprint density at radius 1 is 0.964 bits per heavy atom. The van der Waals surface area contributed by atoms with E-state index in [-0.39, 0.29) is 18.4 Å². The van der Waals surface area contributed by atoms with Crippen LogP contribution in [0.2, 0.25) is 0 Å². The Morgan fingerprint density at radius 3 is 2.32 bits per heavy atom. The minimum absolute atomic E-state index is 0.0221. The van der Waals surface area contributed by atoms with Crippen LogP contribution in [0, 0.1) is 0 Å². The Labute approximate surface area is 166 Å². The molecule has 6 heteroatoms. The summed E-state index contributed by atoms with van der Waals surface area (Å²) in [5.74, 6) is 0.466. The van der Waals surface area contributed by atoms with Crippen molar-refractivity contribution in [2.24, 2.45) is 0 Å². The fraction of sp³-hybridized carbons (Fsp3) is 0.273. The molecule has 148 valence electrons.